The van der Waals surface area contributed by atoms with Gasteiger partial charge < -0.3 is 10.1 Å². The highest BCUT2D eigenvalue weighted by Crippen LogP contribution is 2.40. The van der Waals surface area contributed by atoms with Crippen molar-refractivity contribution in [1.82, 2.24) is 5.32 Å². The first-order valence-corrected chi connectivity index (χ1v) is 9.96. The Morgan fingerprint density at radius 1 is 1.25 bits per heavy atom. The third-order valence-corrected chi connectivity index (χ3v) is 5.52. The predicted molar refractivity (Wildman–Crippen MR) is 91.0 cm³/mol. The van der Waals surface area contributed by atoms with Gasteiger partial charge in [-0.2, -0.15) is 8.42 Å². The van der Waals surface area contributed by atoms with Crippen molar-refractivity contribution in [3.63, 3.8) is 0 Å². The highest BCUT2D eigenvalue weighted by molar-refractivity contribution is 7.85. The topological polar surface area (TPSA) is 75.6 Å². The van der Waals surface area contributed by atoms with Crippen molar-refractivity contribution in [1.29, 1.82) is 0 Å². The van der Waals surface area contributed by atoms with Crippen LogP contribution in [0.15, 0.2) is 24.3 Å². The van der Waals surface area contributed by atoms with Crippen LogP contribution >= 0.6 is 0 Å². The summed E-state index contributed by atoms with van der Waals surface area (Å²) in [6, 6.07) is 6.33. The summed E-state index contributed by atoms with van der Waals surface area (Å²) in [5.41, 5.74) is 0.604. The van der Waals surface area contributed by atoms with Gasteiger partial charge in [-0.1, -0.05) is 31.4 Å². The van der Waals surface area contributed by atoms with Crippen molar-refractivity contribution in [3.8, 4) is 0 Å². The first kappa shape index (κ1) is 19.3. The van der Waals surface area contributed by atoms with Crippen LogP contribution in [0.3, 0.4) is 0 Å². The maximum absolute atomic E-state index is 13.2. The molecule has 1 aliphatic carbocycles. The Balaban J connectivity index is 2.13. The van der Waals surface area contributed by atoms with Crippen molar-refractivity contribution in [3.05, 3.63) is 35.6 Å². The Hall–Kier alpha value is -1.02. The molecule has 2 rings (SSSR count). The van der Waals surface area contributed by atoms with Crippen LogP contribution in [-0.2, 0) is 14.9 Å². The minimum absolute atomic E-state index is 0.232. The van der Waals surface area contributed by atoms with Gasteiger partial charge in [-0.15, -0.1) is 0 Å². The van der Waals surface area contributed by atoms with Gasteiger partial charge >= 0.3 is 0 Å². The summed E-state index contributed by atoms with van der Waals surface area (Å²) in [6.45, 7) is 0.473. The third kappa shape index (κ3) is 5.24. The lowest BCUT2D eigenvalue weighted by molar-refractivity contribution is -0.00462. The molecular weight excluding hydrogens is 333 g/mol. The quantitative estimate of drug-likeness (QED) is 0.551. The maximum Gasteiger partial charge on any atom is 0.264 e. The fourth-order valence-electron chi connectivity index (χ4n) is 3.62. The van der Waals surface area contributed by atoms with Crippen LogP contribution in [0.5, 0.6) is 0 Å². The lowest BCUT2D eigenvalue weighted by atomic mass is 9.75. The summed E-state index contributed by atoms with van der Waals surface area (Å²) < 4.78 is 49.6. The molecular formula is C17H26FNO4S. The van der Waals surface area contributed by atoms with E-state index < -0.39 is 10.1 Å². The molecule has 1 aromatic carbocycles. The van der Waals surface area contributed by atoms with Gasteiger partial charge in [0.05, 0.1) is 5.75 Å². The van der Waals surface area contributed by atoms with E-state index in [2.05, 4.69) is 5.32 Å². The molecule has 1 aliphatic rings. The number of rotatable bonds is 8. The second kappa shape index (κ2) is 8.38. The molecule has 0 aromatic heterocycles. The highest BCUT2D eigenvalue weighted by atomic mass is 32.2. The molecule has 1 unspecified atom stereocenters. The van der Waals surface area contributed by atoms with E-state index in [1.54, 1.807) is 19.2 Å². The zero-order chi connectivity index (χ0) is 17.6. The summed E-state index contributed by atoms with van der Waals surface area (Å²) in [5.74, 6) is -0.544. The number of halogens is 1. The smallest absolute Gasteiger partial charge is 0.264 e. The summed E-state index contributed by atoms with van der Waals surface area (Å²) in [4.78, 5) is 0. The van der Waals surface area contributed by atoms with Gasteiger partial charge in [0.25, 0.3) is 10.1 Å². The number of nitrogens with one attached hydrogen (secondary N) is 1. The largest absolute Gasteiger partial charge is 0.375 e. The summed E-state index contributed by atoms with van der Waals surface area (Å²) in [7, 11) is -2.30. The maximum atomic E-state index is 13.2. The summed E-state index contributed by atoms with van der Waals surface area (Å²) >= 11 is 0. The minimum atomic E-state index is -3.94. The van der Waals surface area contributed by atoms with Gasteiger partial charge in [0, 0.05) is 12.6 Å². The average Bonchev–Trinajstić information content (AvgIpc) is 2.54. The molecule has 1 saturated carbocycles. The van der Waals surface area contributed by atoms with Crippen LogP contribution in [0.25, 0.3) is 0 Å². The predicted octanol–water partition coefficient (Wildman–Crippen LogP) is 3.08. The molecule has 2 N–H and O–H groups in total. The van der Waals surface area contributed by atoms with Crippen LogP contribution in [0.2, 0.25) is 0 Å². The van der Waals surface area contributed by atoms with Gasteiger partial charge in [0.15, 0.2) is 0 Å². The number of hydrogen-bond acceptors (Lipinski definition) is 4. The van der Waals surface area contributed by atoms with Gasteiger partial charge in [0.1, 0.15) is 11.9 Å². The Bertz CT molecular complexity index is 612. The molecule has 0 saturated heterocycles. The van der Waals surface area contributed by atoms with E-state index in [0.29, 0.717) is 13.0 Å². The normalized spacial score (nSPS) is 19.1. The summed E-state index contributed by atoms with van der Waals surface area (Å²) in [5, 5.41) is 3.48. The van der Waals surface area contributed by atoms with Crippen LogP contribution in [0.1, 0.15) is 50.2 Å². The molecule has 0 amide bonds. The molecule has 24 heavy (non-hydrogen) atoms. The minimum Gasteiger partial charge on any atom is -0.375 e. The first-order chi connectivity index (χ1) is 11.4. The Kier molecular flexibility index (Phi) is 6.74. The van der Waals surface area contributed by atoms with Crippen LogP contribution < -0.4 is 5.32 Å². The molecule has 1 aromatic rings. The van der Waals surface area contributed by atoms with E-state index in [-0.39, 0.29) is 23.2 Å². The molecule has 7 heteroatoms. The lowest BCUT2D eigenvalue weighted by Crippen LogP contribution is -2.52. The Morgan fingerprint density at radius 3 is 2.42 bits per heavy atom. The fraction of sp³-hybridized carbons (Fsp3) is 0.647. The van der Waals surface area contributed by atoms with E-state index in [1.165, 1.54) is 12.1 Å². The standard InChI is InChI=1S/C17H26FNO4S/c1-23-16(14-6-8-15(18)9-7-14)17(10-3-2-4-11-17)19-12-5-13-24(20,21)22/h6-9,16,19H,2-5,10-13H2,1H3,(H,20,21,22). The van der Waals surface area contributed by atoms with Crippen LogP contribution in [0, 0.1) is 5.82 Å². The van der Waals surface area contributed by atoms with Gasteiger partial charge in [0.2, 0.25) is 0 Å². The number of ether oxygens (including phenoxy) is 1. The van der Waals surface area contributed by atoms with Gasteiger partial charge in [-0.25, -0.2) is 4.39 Å². The van der Waals surface area contributed by atoms with Crippen LogP contribution in [0.4, 0.5) is 4.39 Å². The van der Waals surface area contributed by atoms with Crippen molar-refractivity contribution in [2.75, 3.05) is 19.4 Å². The molecule has 1 atom stereocenters. The van der Waals surface area contributed by atoms with Crippen molar-refractivity contribution in [2.24, 2.45) is 0 Å². The average molecular weight is 359 g/mol. The third-order valence-electron chi connectivity index (χ3n) is 4.71. The SMILES string of the molecule is COC(c1ccc(F)cc1)C1(NCCCS(=O)(=O)O)CCCCC1. The molecule has 0 aliphatic heterocycles. The molecule has 0 radical (unpaired) electrons. The van der Waals surface area contributed by atoms with Gasteiger partial charge in [-0.3, -0.25) is 4.55 Å². The summed E-state index contributed by atoms with van der Waals surface area (Å²) in [6.07, 6.45) is 5.21. The van der Waals surface area contributed by atoms with E-state index >= 15 is 0 Å². The number of benzene rings is 1. The highest BCUT2D eigenvalue weighted by Gasteiger charge is 2.40. The lowest BCUT2D eigenvalue weighted by Gasteiger charge is -2.44. The number of methoxy groups -OCH3 is 1. The Morgan fingerprint density at radius 2 is 1.88 bits per heavy atom. The van der Waals surface area contributed by atoms with E-state index in [0.717, 1.165) is 37.7 Å². The number of hydrogen-bond donors (Lipinski definition) is 2. The second-order valence-corrected chi connectivity index (χ2v) is 8.02. The van der Waals surface area contributed by atoms with Crippen LogP contribution in [-0.4, -0.2) is 37.9 Å². The zero-order valence-corrected chi connectivity index (χ0v) is 14.8. The van der Waals surface area contributed by atoms with E-state index in [9.17, 15) is 12.8 Å². The van der Waals surface area contributed by atoms with Crippen molar-refractivity contribution < 1.29 is 22.1 Å². The van der Waals surface area contributed by atoms with Crippen molar-refractivity contribution >= 4 is 10.1 Å². The van der Waals surface area contributed by atoms with Gasteiger partial charge in [-0.05, 0) is 43.5 Å². The van der Waals surface area contributed by atoms with Crippen molar-refractivity contribution in [2.45, 2.75) is 50.2 Å². The monoisotopic (exact) mass is 359 g/mol. The second-order valence-electron chi connectivity index (χ2n) is 6.45. The molecule has 1 fully saturated rings. The molecule has 0 bridgehead atoms. The van der Waals surface area contributed by atoms with E-state index in [4.69, 9.17) is 9.29 Å². The molecule has 5 nitrogen and oxygen atoms in total. The Labute approximate surface area is 143 Å². The molecule has 0 heterocycles. The first-order valence-electron chi connectivity index (χ1n) is 8.35. The zero-order valence-electron chi connectivity index (χ0n) is 14.0. The molecule has 136 valence electrons. The molecule has 0 spiro atoms. The fourth-order valence-corrected chi connectivity index (χ4v) is 4.13. The van der Waals surface area contributed by atoms with E-state index in [1.807, 2.05) is 0 Å².